The van der Waals surface area contributed by atoms with Gasteiger partial charge in [-0.15, -0.1) is 0 Å². The van der Waals surface area contributed by atoms with Gasteiger partial charge in [0.05, 0.1) is 11.6 Å². The number of hydrogen-bond acceptors (Lipinski definition) is 4. The van der Waals surface area contributed by atoms with Crippen molar-refractivity contribution in [1.29, 1.82) is 5.26 Å². The number of rotatable bonds is 6. The summed E-state index contributed by atoms with van der Waals surface area (Å²) in [5.41, 5.74) is 2.64. The van der Waals surface area contributed by atoms with Crippen LogP contribution in [-0.4, -0.2) is 11.9 Å². The van der Waals surface area contributed by atoms with E-state index in [9.17, 15) is 9.59 Å². The van der Waals surface area contributed by atoms with Crippen molar-refractivity contribution in [3.05, 3.63) is 102 Å². The first-order chi connectivity index (χ1) is 13.7. The lowest BCUT2D eigenvalue weighted by Gasteiger charge is -2.19. The number of hydrogen-bond donors (Lipinski definition) is 1. The van der Waals surface area contributed by atoms with Gasteiger partial charge in [0.1, 0.15) is 6.42 Å². The predicted molar refractivity (Wildman–Crippen MR) is 105 cm³/mol. The molecule has 0 aliphatic rings. The standard InChI is InChI=1S/C23H18N2O3/c24-16-15-21(26)25-20-13-11-19(12-14-20)23(27)28-22(17-7-3-1-4-8-17)18-9-5-2-6-10-18/h1-14,22H,15H2,(H,25,26). The minimum atomic E-state index is -0.523. The number of ether oxygens (including phenoxy) is 1. The molecule has 3 aromatic carbocycles. The Labute approximate surface area is 163 Å². The number of carbonyl (C=O) groups excluding carboxylic acids is 2. The second-order valence-corrected chi connectivity index (χ2v) is 6.07. The highest BCUT2D eigenvalue weighted by Gasteiger charge is 2.20. The maximum atomic E-state index is 12.7. The summed E-state index contributed by atoms with van der Waals surface area (Å²) in [7, 11) is 0. The monoisotopic (exact) mass is 370 g/mol. The van der Waals surface area contributed by atoms with Crippen molar-refractivity contribution in [2.24, 2.45) is 0 Å². The molecule has 0 spiro atoms. The number of anilines is 1. The van der Waals surface area contributed by atoms with Gasteiger partial charge in [-0.2, -0.15) is 5.26 Å². The average molecular weight is 370 g/mol. The third-order valence-corrected chi connectivity index (χ3v) is 4.07. The Morgan fingerprint density at radius 1 is 0.857 bits per heavy atom. The highest BCUT2D eigenvalue weighted by Crippen LogP contribution is 2.27. The Morgan fingerprint density at radius 3 is 1.89 bits per heavy atom. The van der Waals surface area contributed by atoms with Gasteiger partial charge in [0, 0.05) is 5.69 Å². The van der Waals surface area contributed by atoms with Crippen LogP contribution in [0.3, 0.4) is 0 Å². The second-order valence-electron chi connectivity index (χ2n) is 6.07. The number of amides is 1. The fourth-order valence-corrected chi connectivity index (χ4v) is 2.73. The largest absolute Gasteiger partial charge is 0.449 e. The van der Waals surface area contributed by atoms with Crippen molar-refractivity contribution < 1.29 is 14.3 Å². The van der Waals surface area contributed by atoms with Crippen LogP contribution in [0.15, 0.2) is 84.9 Å². The molecule has 0 saturated carbocycles. The fourth-order valence-electron chi connectivity index (χ4n) is 2.73. The van der Waals surface area contributed by atoms with Gasteiger partial charge in [-0.1, -0.05) is 60.7 Å². The average Bonchev–Trinajstić information content (AvgIpc) is 2.74. The molecule has 0 atom stereocenters. The summed E-state index contributed by atoms with van der Waals surface area (Å²) in [6.45, 7) is 0. The molecule has 0 bridgehead atoms. The number of benzene rings is 3. The van der Waals surface area contributed by atoms with Crippen LogP contribution in [0.1, 0.15) is 34.0 Å². The highest BCUT2D eigenvalue weighted by molar-refractivity contribution is 5.94. The van der Waals surface area contributed by atoms with E-state index in [-0.39, 0.29) is 6.42 Å². The molecule has 3 rings (SSSR count). The van der Waals surface area contributed by atoms with Gasteiger partial charge in [-0.25, -0.2) is 4.79 Å². The minimum Gasteiger partial charge on any atom is -0.449 e. The zero-order chi connectivity index (χ0) is 19.8. The van der Waals surface area contributed by atoms with Crippen molar-refractivity contribution in [3.63, 3.8) is 0 Å². The fraction of sp³-hybridized carbons (Fsp3) is 0.0870. The Bertz CT molecular complexity index is 938. The Kier molecular flexibility index (Phi) is 6.17. The van der Waals surface area contributed by atoms with Gasteiger partial charge in [0.15, 0.2) is 6.10 Å². The third-order valence-electron chi connectivity index (χ3n) is 4.07. The van der Waals surface area contributed by atoms with Crippen LogP contribution in [0.2, 0.25) is 0 Å². The molecule has 0 saturated heterocycles. The Balaban J connectivity index is 1.77. The molecule has 0 fully saturated rings. The zero-order valence-electron chi connectivity index (χ0n) is 15.0. The normalized spacial score (nSPS) is 10.1. The molecule has 1 amide bonds. The molecule has 0 heterocycles. The van der Waals surface area contributed by atoms with E-state index < -0.39 is 18.0 Å². The first kappa shape index (κ1) is 18.9. The number of carbonyl (C=O) groups is 2. The molecule has 3 aromatic rings. The van der Waals surface area contributed by atoms with Crippen LogP contribution in [-0.2, 0) is 9.53 Å². The number of esters is 1. The molecular weight excluding hydrogens is 352 g/mol. The van der Waals surface area contributed by atoms with E-state index in [4.69, 9.17) is 10.00 Å². The number of nitrogens with one attached hydrogen (secondary N) is 1. The molecular formula is C23H18N2O3. The summed E-state index contributed by atoms with van der Waals surface area (Å²) in [6.07, 6.45) is -0.746. The second kappa shape index (κ2) is 9.15. The molecule has 138 valence electrons. The van der Waals surface area contributed by atoms with E-state index in [2.05, 4.69) is 5.32 Å². The van der Waals surface area contributed by atoms with Crippen molar-refractivity contribution in [3.8, 4) is 6.07 Å². The molecule has 0 unspecified atom stereocenters. The van der Waals surface area contributed by atoms with Crippen LogP contribution in [0.5, 0.6) is 0 Å². The van der Waals surface area contributed by atoms with Crippen molar-refractivity contribution in [2.45, 2.75) is 12.5 Å². The van der Waals surface area contributed by atoms with Crippen LogP contribution in [0.25, 0.3) is 0 Å². The van der Waals surface area contributed by atoms with E-state index >= 15 is 0 Å². The van der Waals surface area contributed by atoms with Crippen molar-refractivity contribution >= 4 is 17.6 Å². The summed E-state index contributed by atoms with van der Waals surface area (Å²) in [5, 5.41) is 11.1. The molecule has 5 heteroatoms. The molecule has 0 aromatic heterocycles. The highest BCUT2D eigenvalue weighted by atomic mass is 16.5. The smallest absolute Gasteiger partial charge is 0.339 e. The van der Waals surface area contributed by atoms with E-state index in [0.717, 1.165) is 11.1 Å². The van der Waals surface area contributed by atoms with Gasteiger partial charge < -0.3 is 10.1 Å². The summed E-state index contributed by atoms with van der Waals surface area (Å²) in [6, 6.07) is 27.2. The summed E-state index contributed by atoms with van der Waals surface area (Å²) in [4.78, 5) is 24.2. The Morgan fingerprint density at radius 2 is 1.39 bits per heavy atom. The van der Waals surface area contributed by atoms with Gasteiger partial charge in [-0.3, -0.25) is 4.79 Å². The summed E-state index contributed by atoms with van der Waals surface area (Å²) >= 11 is 0. The molecule has 0 aliphatic carbocycles. The zero-order valence-corrected chi connectivity index (χ0v) is 15.0. The quantitative estimate of drug-likeness (QED) is 0.649. The van der Waals surface area contributed by atoms with E-state index in [1.807, 2.05) is 60.7 Å². The van der Waals surface area contributed by atoms with Crippen LogP contribution >= 0.6 is 0 Å². The lowest BCUT2D eigenvalue weighted by atomic mass is 10.0. The molecule has 5 nitrogen and oxygen atoms in total. The van der Waals surface area contributed by atoms with Crippen molar-refractivity contribution in [2.75, 3.05) is 5.32 Å². The first-order valence-electron chi connectivity index (χ1n) is 8.75. The van der Waals surface area contributed by atoms with Crippen LogP contribution in [0.4, 0.5) is 5.69 Å². The van der Waals surface area contributed by atoms with Crippen molar-refractivity contribution in [1.82, 2.24) is 0 Å². The van der Waals surface area contributed by atoms with Gasteiger partial charge in [0.25, 0.3) is 0 Å². The first-order valence-corrected chi connectivity index (χ1v) is 8.75. The maximum Gasteiger partial charge on any atom is 0.339 e. The molecule has 0 radical (unpaired) electrons. The number of nitrogens with zero attached hydrogens (tertiary/aromatic N) is 1. The predicted octanol–water partition coefficient (Wildman–Crippen LogP) is 4.49. The van der Waals surface area contributed by atoms with E-state index in [0.29, 0.717) is 11.3 Å². The number of nitriles is 1. The van der Waals surface area contributed by atoms with Gasteiger partial charge in [0.2, 0.25) is 5.91 Å². The molecule has 0 aliphatic heterocycles. The Hall–Kier alpha value is -3.91. The molecule has 28 heavy (non-hydrogen) atoms. The third kappa shape index (κ3) is 4.83. The van der Waals surface area contributed by atoms with Gasteiger partial charge in [-0.05, 0) is 35.4 Å². The lowest BCUT2D eigenvalue weighted by molar-refractivity contribution is -0.115. The van der Waals surface area contributed by atoms with Crippen LogP contribution < -0.4 is 5.32 Å². The topological polar surface area (TPSA) is 79.2 Å². The SMILES string of the molecule is N#CCC(=O)Nc1ccc(C(=O)OC(c2ccccc2)c2ccccc2)cc1. The van der Waals surface area contributed by atoms with E-state index in [1.165, 1.54) is 0 Å². The summed E-state index contributed by atoms with van der Waals surface area (Å²) < 4.78 is 5.80. The van der Waals surface area contributed by atoms with Crippen LogP contribution in [0, 0.1) is 11.3 Å². The summed E-state index contributed by atoms with van der Waals surface area (Å²) in [5.74, 6) is -0.862. The van der Waals surface area contributed by atoms with E-state index in [1.54, 1.807) is 30.3 Å². The lowest BCUT2D eigenvalue weighted by Crippen LogP contribution is -2.13. The molecule has 1 N–H and O–H groups in total. The minimum absolute atomic E-state index is 0.223. The van der Waals surface area contributed by atoms with Gasteiger partial charge >= 0.3 is 5.97 Å². The maximum absolute atomic E-state index is 12.7.